The highest BCUT2D eigenvalue weighted by Crippen LogP contribution is 2.27. The molecule has 0 spiro atoms. The fourth-order valence-corrected chi connectivity index (χ4v) is 5.11. The lowest BCUT2D eigenvalue weighted by atomic mass is 10.1. The summed E-state index contributed by atoms with van der Waals surface area (Å²) in [4.78, 5) is 12.3. The number of thioether (sulfide) groups is 1. The summed E-state index contributed by atoms with van der Waals surface area (Å²) in [5, 5.41) is -0.320. The van der Waals surface area contributed by atoms with Gasteiger partial charge in [0.2, 0.25) is 20.7 Å². The van der Waals surface area contributed by atoms with Crippen LogP contribution < -0.4 is 9.04 Å². The van der Waals surface area contributed by atoms with E-state index < -0.39 is 16.3 Å². The van der Waals surface area contributed by atoms with Gasteiger partial charge in [0.15, 0.2) is 5.78 Å². The molecule has 11 heteroatoms. The van der Waals surface area contributed by atoms with E-state index >= 15 is 0 Å². The Morgan fingerprint density at radius 1 is 1.17 bits per heavy atom. The first-order chi connectivity index (χ1) is 14.2. The minimum Gasteiger partial charge on any atom is -0.497 e. The molecule has 0 aliphatic rings. The maximum Gasteiger partial charge on any atom is 0.232 e. The van der Waals surface area contributed by atoms with Crippen LogP contribution in [0.5, 0.6) is 5.75 Å². The highest BCUT2D eigenvalue weighted by atomic mass is 32.2. The summed E-state index contributed by atoms with van der Waals surface area (Å²) < 4.78 is 47.0. The van der Waals surface area contributed by atoms with Crippen molar-refractivity contribution < 1.29 is 32.2 Å². The van der Waals surface area contributed by atoms with Crippen LogP contribution in [0.4, 0.5) is 5.69 Å². The molecule has 0 aliphatic heterocycles. The largest absolute Gasteiger partial charge is 0.497 e. The van der Waals surface area contributed by atoms with Gasteiger partial charge in [-0.25, -0.2) is 8.42 Å². The first-order valence-corrected chi connectivity index (χ1v) is 12.3. The van der Waals surface area contributed by atoms with E-state index in [0.717, 1.165) is 6.26 Å². The van der Waals surface area contributed by atoms with E-state index in [9.17, 15) is 13.2 Å². The van der Waals surface area contributed by atoms with Gasteiger partial charge in [0.05, 0.1) is 25.7 Å². The summed E-state index contributed by atoms with van der Waals surface area (Å²) in [6.45, 7) is 2.33. The van der Waals surface area contributed by atoms with Gasteiger partial charge in [-0.15, -0.1) is 0 Å². The molecule has 1 rings (SSSR count). The number of hydrogen-bond donors (Lipinski definition) is 0. The zero-order valence-electron chi connectivity index (χ0n) is 17.8. The maximum absolute atomic E-state index is 12.5. The average Bonchev–Trinajstić information content (AvgIpc) is 2.70. The van der Waals surface area contributed by atoms with Gasteiger partial charge in [-0.2, -0.15) is 0 Å². The first kappa shape index (κ1) is 26.6. The van der Waals surface area contributed by atoms with Gasteiger partial charge < -0.3 is 18.9 Å². The van der Waals surface area contributed by atoms with Crippen molar-refractivity contribution >= 4 is 49.9 Å². The Morgan fingerprint density at radius 3 is 2.23 bits per heavy atom. The van der Waals surface area contributed by atoms with Crippen LogP contribution in [-0.2, 0) is 29.0 Å². The van der Waals surface area contributed by atoms with Gasteiger partial charge >= 0.3 is 0 Å². The second kappa shape index (κ2) is 13.1. The van der Waals surface area contributed by atoms with Crippen LogP contribution in [-0.4, -0.2) is 70.9 Å². The number of hydrogen-bond acceptors (Lipinski definition) is 9. The summed E-state index contributed by atoms with van der Waals surface area (Å²) >= 11 is 6.45. The topological polar surface area (TPSA) is 91.4 Å². The second-order valence-electron chi connectivity index (χ2n) is 6.22. The van der Waals surface area contributed by atoms with E-state index in [1.165, 1.54) is 37.4 Å². The Morgan fingerprint density at radius 2 is 1.77 bits per heavy atom. The molecular weight excluding hydrogens is 450 g/mol. The van der Waals surface area contributed by atoms with Crippen LogP contribution in [0, 0.1) is 0 Å². The monoisotopic (exact) mass is 479 g/mol. The molecule has 8 nitrogen and oxygen atoms in total. The molecule has 0 aliphatic carbocycles. The quantitative estimate of drug-likeness (QED) is 0.313. The number of nitrogens with zero attached hydrogens (tertiary/aromatic N) is 1. The lowest BCUT2D eigenvalue weighted by molar-refractivity contribution is -0.156. The number of Topliss-reactive ketones (excluding diaryl/α,β-unsaturated/α-hetero) is 1. The summed E-state index contributed by atoms with van der Waals surface area (Å²) in [6, 6.07) is 6.70. The van der Waals surface area contributed by atoms with Crippen LogP contribution in [0.15, 0.2) is 24.3 Å². The molecule has 30 heavy (non-hydrogen) atoms. The Kier molecular flexibility index (Phi) is 11.6. The zero-order chi connectivity index (χ0) is 22.7. The van der Waals surface area contributed by atoms with Gasteiger partial charge in [-0.05, 0) is 49.8 Å². The van der Waals surface area contributed by atoms with Crippen molar-refractivity contribution in [3.63, 3.8) is 0 Å². The number of ether oxygens (including phenoxy) is 4. The van der Waals surface area contributed by atoms with Crippen molar-refractivity contribution in [2.45, 2.75) is 31.3 Å². The molecule has 1 aromatic carbocycles. The minimum atomic E-state index is -3.58. The van der Waals surface area contributed by atoms with E-state index in [1.54, 1.807) is 24.3 Å². The van der Waals surface area contributed by atoms with Crippen molar-refractivity contribution in [3.05, 3.63) is 24.3 Å². The molecular formula is C19H29NO7S3. The van der Waals surface area contributed by atoms with Crippen LogP contribution in [0.1, 0.15) is 19.8 Å². The molecule has 0 saturated heterocycles. The van der Waals surface area contributed by atoms with Gasteiger partial charge in [-0.1, -0.05) is 11.8 Å². The molecule has 0 radical (unpaired) electrons. The molecule has 1 atom stereocenters. The number of carbonyl (C=O) groups is 1. The molecule has 0 heterocycles. The molecule has 170 valence electrons. The molecule has 1 unspecified atom stereocenters. The Hall–Kier alpha value is -1.40. The second-order valence-corrected chi connectivity index (χ2v) is 10.0. The summed E-state index contributed by atoms with van der Waals surface area (Å²) in [5.41, 5.74) is 0.490. The van der Waals surface area contributed by atoms with Gasteiger partial charge in [0.25, 0.3) is 0 Å². The third kappa shape index (κ3) is 8.76. The van der Waals surface area contributed by atoms with Crippen molar-refractivity contribution in [3.8, 4) is 5.75 Å². The molecule has 0 saturated carbocycles. The highest BCUT2D eigenvalue weighted by molar-refractivity contribution is 8.23. The molecule has 0 aromatic heterocycles. The number of rotatable bonds is 13. The van der Waals surface area contributed by atoms with Crippen LogP contribution in [0.25, 0.3) is 0 Å². The van der Waals surface area contributed by atoms with Crippen molar-refractivity contribution in [1.82, 2.24) is 0 Å². The van der Waals surface area contributed by atoms with Crippen LogP contribution in [0.3, 0.4) is 0 Å². The van der Waals surface area contributed by atoms with Gasteiger partial charge in [0.1, 0.15) is 5.75 Å². The molecule has 0 amide bonds. The van der Waals surface area contributed by atoms with Crippen LogP contribution in [0.2, 0.25) is 0 Å². The molecule has 0 fully saturated rings. The standard InChI is InChI=1S/C19H29NO7S3/c1-6-27-19(28)29-16(11-12-17(21)18(25-3)26-4)13-20(30(5,22)23)14-7-9-15(24-2)10-8-14/h7-10,16,18H,6,11-13H2,1-5H3. The summed E-state index contributed by atoms with van der Waals surface area (Å²) in [6.07, 6.45) is 0.680. The molecule has 1 aromatic rings. The number of sulfonamides is 1. The third-order valence-corrected chi connectivity index (χ3v) is 6.65. The Balaban J connectivity index is 3.05. The van der Waals surface area contributed by atoms with E-state index in [1.807, 2.05) is 6.92 Å². The smallest absolute Gasteiger partial charge is 0.232 e. The number of anilines is 1. The Bertz CT molecular complexity index is 780. The van der Waals surface area contributed by atoms with Crippen molar-refractivity contribution in [2.75, 3.05) is 45.0 Å². The maximum atomic E-state index is 12.5. The number of benzene rings is 1. The minimum absolute atomic E-state index is 0.112. The highest BCUT2D eigenvalue weighted by Gasteiger charge is 2.26. The number of ketones is 1. The summed E-state index contributed by atoms with van der Waals surface area (Å²) in [7, 11) is 0.726. The van der Waals surface area contributed by atoms with Gasteiger partial charge in [-0.3, -0.25) is 9.10 Å². The zero-order valence-corrected chi connectivity index (χ0v) is 20.3. The van der Waals surface area contributed by atoms with E-state index in [0.29, 0.717) is 28.8 Å². The molecule has 0 bridgehead atoms. The van der Waals surface area contributed by atoms with Gasteiger partial charge in [0, 0.05) is 32.4 Å². The molecule has 0 N–H and O–H groups in total. The summed E-state index contributed by atoms with van der Waals surface area (Å²) in [5.74, 6) is 0.384. The predicted molar refractivity (Wildman–Crippen MR) is 123 cm³/mol. The fraction of sp³-hybridized carbons (Fsp3) is 0.579. The van der Waals surface area contributed by atoms with Crippen LogP contribution >= 0.6 is 24.0 Å². The van der Waals surface area contributed by atoms with E-state index in [-0.39, 0.29) is 24.0 Å². The van der Waals surface area contributed by atoms with E-state index in [2.05, 4.69) is 0 Å². The Labute approximate surface area is 188 Å². The lowest BCUT2D eigenvalue weighted by Crippen LogP contribution is -2.37. The number of methoxy groups -OCH3 is 3. The average molecular weight is 480 g/mol. The normalized spacial score (nSPS) is 12.5. The van der Waals surface area contributed by atoms with E-state index in [4.69, 9.17) is 31.2 Å². The lowest BCUT2D eigenvalue weighted by Gasteiger charge is -2.27. The number of carbonyl (C=O) groups excluding carboxylic acids is 1. The predicted octanol–water partition coefficient (Wildman–Crippen LogP) is 2.85. The van der Waals surface area contributed by atoms with Crippen molar-refractivity contribution in [2.24, 2.45) is 0 Å². The van der Waals surface area contributed by atoms with Crippen molar-refractivity contribution in [1.29, 1.82) is 0 Å². The first-order valence-electron chi connectivity index (χ1n) is 9.19. The third-order valence-electron chi connectivity index (χ3n) is 4.06. The SMILES string of the molecule is CCOC(=S)SC(CCC(=O)C(OC)OC)CN(c1ccc(OC)cc1)S(C)(=O)=O. The fourth-order valence-electron chi connectivity index (χ4n) is 2.62. The number of thiocarbonyl (C=S) groups is 1.